The zero-order valence-electron chi connectivity index (χ0n) is 8.99. The third-order valence-corrected chi connectivity index (χ3v) is 4.04. The number of ketones is 1. The molecule has 0 unspecified atom stereocenters. The second kappa shape index (κ2) is 4.78. The quantitative estimate of drug-likeness (QED) is 0.877. The van der Waals surface area contributed by atoms with Gasteiger partial charge in [0.05, 0.1) is 0 Å². The average Bonchev–Trinajstić information content (AvgIpc) is 2.61. The van der Waals surface area contributed by atoms with Gasteiger partial charge in [0.1, 0.15) is 0 Å². The molecule has 0 aliphatic heterocycles. The predicted octanol–water partition coefficient (Wildman–Crippen LogP) is 2.67. The summed E-state index contributed by atoms with van der Waals surface area (Å²) in [6, 6.07) is 1.96. The van der Waals surface area contributed by atoms with Crippen LogP contribution in [0.4, 0.5) is 0 Å². The number of carbonyl (C=O) groups excluding carboxylic acids is 1. The molecule has 1 heterocycles. The lowest BCUT2D eigenvalue weighted by Gasteiger charge is -2.07. The van der Waals surface area contributed by atoms with Crippen LogP contribution >= 0.6 is 11.3 Å². The first-order chi connectivity index (χ1) is 7.66. The molecule has 0 spiro atoms. The van der Waals surface area contributed by atoms with E-state index in [9.17, 15) is 9.59 Å². The van der Waals surface area contributed by atoms with Crippen LogP contribution in [0.5, 0.6) is 0 Å². The third kappa shape index (κ3) is 2.50. The van der Waals surface area contributed by atoms with E-state index in [1.165, 1.54) is 4.88 Å². The Morgan fingerprint density at radius 1 is 1.44 bits per heavy atom. The van der Waals surface area contributed by atoms with Gasteiger partial charge >= 0.3 is 5.97 Å². The minimum absolute atomic E-state index is 0.205. The van der Waals surface area contributed by atoms with Crippen LogP contribution in [0.1, 0.15) is 45.8 Å². The van der Waals surface area contributed by atoms with Crippen LogP contribution in [0.25, 0.3) is 0 Å². The highest BCUT2D eigenvalue weighted by Crippen LogP contribution is 2.30. The zero-order valence-corrected chi connectivity index (χ0v) is 9.81. The maximum absolute atomic E-state index is 11.6. The molecule has 1 aliphatic carbocycles. The Balaban J connectivity index is 2.01. The van der Waals surface area contributed by atoms with E-state index in [1.54, 1.807) is 11.3 Å². The standard InChI is InChI=1S/C12H14O3S/c13-10-4-2-5-11-9(10)7-8(16-11)3-1-6-12(14)15/h7H,1-6H2,(H,14,15). The summed E-state index contributed by atoms with van der Waals surface area (Å²) in [7, 11) is 0. The number of thiophene rings is 1. The molecule has 1 aliphatic rings. The Morgan fingerprint density at radius 2 is 2.25 bits per heavy atom. The maximum atomic E-state index is 11.6. The molecular weight excluding hydrogens is 224 g/mol. The van der Waals surface area contributed by atoms with Gasteiger partial charge in [0.2, 0.25) is 0 Å². The molecule has 0 atom stereocenters. The third-order valence-electron chi connectivity index (χ3n) is 2.78. The number of hydrogen-bond acceptors (Lipinski definition) is 3. The number of Topliss-reactive ketones (excluding diaryl/α,β-unsaturated/α-hetero) is 1. The van der Waals surface area contributed by atoms with Gasteiger partial charge in [0.25, 0.3) is 0 Å². The van der Waals surface area contributed by atoms with Gasteiger partial charge in [0, 0.05) is 28.2 Å². The molecule has 0 amide bonds. The summed E-state index contributed by atoms with van der Waals surface area (Å²) in [5, 5.41) is 8.54. The molecule has 0 radical (unpaired) electrons. The summed E-state index contributed by atoms with van der Waals surface area (Å²) < 4.78 is 0. The Hall–Kier alpha value is -1.16. The van der Waals surface area contributed by atoms with Crippen LogP contribution in [0.3, 0.4) is 0 Å². The first-order valence-electron chi connectivity index (χ1n) is 5.53. The van der Waals surface area contributed by atoms with E-state index in [-0.39, 0.29) is 12.2 Å². The van der Waals surface area contributed by atoms with Crippen LogP contribution < -0.4 is 0 Å². The van der Waals surface area contributed by atoms with E-state index >= 15 is 0 Å². The summed E-state index contributed by atoms with van der Waals surface area (Å²) in [5.74, 6) is -0.501. The van der Waals surface area contributed by atoms with Gasteiger partial charge in [-0.2, -0.15) is 0 Å². The highest BCUT2D eigenvalue weighted by Gasteiger charge is 2.19. The summed E-state index contributed by atoms with van der Waals surface area (Å²) in [5.41, 5.74) is 0.890. The van der Waals surface area contributed by atoms with E-state index in [0.29, 0.717) is 12.8 Å². The van der Waals surface area contributed by atoms with Crippen LogP contribution in [0, 0.1) is 0 Å². The SMILES string of the molecule is O=C(O)CCCc1cc2c(s1)CCCC2=O. The van der Waals surface area contributed by atoms with Gasteiger partial charge in [-0.1, -0.05) is 0 Å². The predicted molar refractivity (Wildman–Crippen MR) is 62.2 cm³/mol. The molecular formula is C12H14O3S. The molecule has 86 valence electrons. The molecule has 0 saturated carbocycles. The van der Waals surface area contributed by atoms with Gasteiger partial charge in [-0.05, 0) is 31.7 Å². The van der Waals surface area contributed by atoms with Crippen molar-refractivity contribution in [1.29, 1.82) is 0 Å². The van der Waals surface area contributed by atoms with E-state index in [4.69, 9.17) is 5.11 Å². The van der Waals surface area contributed by atoms with Crippen LogP contribution in [-0.2, 0) is 17.6 Å². The number of hydrogen-bond donors (Lipinski definition) is 1. The summed E-state index contributed by atoms with van der Waals surface area (Å²) in [6.07, 6.45) is 4.26. The van der Waals surface area contributed by atoms with Crippen molar-refractivity contribution >= 4 is 23.1 Å². The topological polar surface area (TPSA) is 54.4 Å². The lowest BCUT2D eigenvalue weighted by atomic mass is 9.97. The maximum Gasteiger partial charge on any atom is 0.303 e. The Labute approximate surface area is 98.1 Å². The van der Waals surface area contributed by atoms with Gasteiger partial charge in [-0.25, -0.2) is 0 Å². The normalized spacial score (nSPS) is 14.9. The van der Waals surface area contributed by atoms with E-state index < -0.39 is 5.97 Å². The lowest BCUT2D eigenvalue weighted by Crippen LogP contribution is -2.06. The number of carboxylic acids is 1. The highest BCUT2D eigenvalue weighted by atomic mass is 32.1. The van der Waals surface area contributed by atoms with E-state index in [2.05, 4.69) is 0 Å². The first kappa shape index (κ1) is 11.3. The molecule has 4 heteroatoms. The smallest absolute Gasteiger partial charge is 0.303 e. The number of fused-ring (bicyclic) bond motifs is 1. The highest BCUT2D eigenvalue weighted by molar-refractivity contribution is 7.12. The number of carboxylic acid groups (broad SMARTS) is 1. The van der Waals surface area contributed by atoms with Crippen molar-refractivity contribution in [3.05, 3.63) is 21.4 Å². The van der Waals surface area contributed by atoms with E-state index in [1.807, 2.05) is 6.07 Å². The van der Waals surface area contributed by atoms with Crippen molar-refractivity contribution in [2.75, 3.05) is 0 Å². The molecule has 2 rings (SSSR count). The fourth-order valence-electron chi connectivity index (χ4n) is 1.99. The number of carbonyl (C=O) groups is 2. The molecule has 0 bridgehead atoms. The Morgan fingerprint density at radius 3 is 2.94 bits per heavy atom. The number of aryl methyl sites for hydroxylation is 2. The molecule has 0 saturated heterocycles. The summed E-state index contributed by atoms with van der Waals surface area (Å²) >= 11 is 1.68. The first-order valence-corrected chi connectivity index (χ1v) is 6.35. The average molecular weight is 238 g/mol. The van der Waals surface area contributed by atoms with Crippen molar-refractivity contribution < 1.29 is 14.7 Å². The molecule has 3 nitrogen and oxygen atoms in total. The summed E-state index contributed by atoms with van der Waals surface area (Å²) in [6.45, 7) is 0. The van der Waals surface area contributed by atoms with Crippen LogP contribution in [0.15, 0.2) is 6.07 Å². The van der Waals surface area contributed by atoms with Crippen LogP contribution in [0.2, 0.25) is 0 Å². The molecule has 1 N–H and O–H groups in total. The molecule has 0 fully saturated rings. The van der Waals surface area contributed by atoms with E-state index in [0.717, 1.165) is 29.7 Å². The largest absolute Gasteiger partial charge is 0.481 e. The van der Waals surface area contributed by atoms with Crippen molar-refractivity contribution in [3.8, 4) is 0 Å². The fraction of sp³-hybridized carbons (Fsp3) is 0.500. The van der Waals surface area contributed by atoms with Crippen molar-refractivity contribution in [2.24, 2.45) is 0 Å². The molecule has 0 aromatic carbocycles. The second-order valence-corrected chi connectivity index (χ2v) is 5.29. The van der Waals surface area contributed by atoms with Gasteiger partial charge < -0.3 is 5.11 Å². The molecule has 1 aromatic heterocycles. The van der Waals surface area contributed by atoms with Gasteiger partial charge in [0.15, 0.2) is 5.78 Å². The summed E-state index contributed by atoms with van der Waals surface area (Å²) in [4.78, 5) is 24.3. The zero-order chi connectivity index (χ0) is 11.5. The monoisotopic (exact) mass is 238 g/mol. The fourth-order valence-corrected chi connectivity index (χ4v) is 3.26. The van der Waals surface area contributed by atoms with Crippen molar-refractivity contribution in [1.82, 2.24) is 0 Å². The van der Waals surface area contributed by atoms with Crippen molar-refractivity contribution in [2.45, 2.75) is 38.5 Å². The second-order valence-electron chi connectivity index (χ2n) is 4.07. The van der Waals surface area contributed by atoms with Gasteiger partial charge in [-0.3, -0.25) is 9.59 Å². The molecule has 1 aromatic rings. The number of aliphatic carboxylic acids is 1. The molecule has 16 heavy (non-hydrogen) atoms. The Bertz CT molecular complexity index is 420. The number of rotatable bonds is 4. The minimum atomic E-state index is -0.752. The van der Waals surface area contributed by atoms with Gasteiger partial charge in [-0.15, -0.1) is 11.3 Å². The lowest BCUT2D eigenvalue weighted by molar-refractivity contribution is -0.137. The minimum Gasteiger partial charge on any atom is -0.481 e. The Kier molecular flexibility index (Phi) is 3.39. The van der Waals surface area contributed by atoms with Crippen LogP contribution in [-0.4, -0.2) is 16.9 Å². The van der Waals surface area contributed by atoms with Crippen molar-refractivity contribution in [3.63, 3.8) is 0 Å².